The van der Waals surface area contributed by atoms with Crippen molar-refractivity contribution in [2.24, 2.45) is 0 Å². The Labute approximate surface area is 153 Å². The van der Waals surface area contributed by atoms with Crippen molar-refractivity contribution in [3.8, 4) is 5.75 Å². The topological polar surface area (TPSA) is 21.3 Å². The van der Waals surface area contributed by atoms with Crippen molar-refractivity contribution in [1.82, 2.24) is 0 Å². The van der Waals surface area contributed by atoms with Gasteiger partial charge in [-0.3, -0.25) is 0 Å². The van der Waals surface area contributed by atoms with Crippen molar-refractivity contribution in [3.05, 3.63) is 53.1 Å². The highest BCUT2D eigenvalue weighted by molar-refractivity contribution is 5.72. The Kier molecular flexibility index (Phi) is 5.82. The molecular formula is C23H33NO. The third kappa shape index (κ3) is 5.01. The van der Waals surface area contributed by atoms with Crippen LogP contribution in [0.5, 0.6) is 5.75 Å². The van der Waals surface area contributed by atoms with Crippen LogP contribution in [0.3, 0.4) is 0 Å². The average Bonchev–Trinajstić information content (AvgIpc) is 2.48. The Morgan fingerprint density at radius 2 is 1.40 bits per heavy atom. The number of nitrogens with one attached hydrogen (secondary N) is 1. The summed E-state index contributed by atoms with van der Waals surface area (Å²) in [5.74, 6) is 1.80. The fourth-order valence-corrected chi connectivity index (χ4v) is 3.02. The molecule has 0 saturated heterocycles. The molecule has 1 N–H and O–H groups in total. The number of aryl methyl sites for hydroxylation is 1. The van der Waals surface area contributed by atoms with Gasteiger partial charge in [0.25, 0.3) is 0 Å². The second kappa shape index (κ2) is 7.51. The lowest BCUT2D eigenvalue weighted by Crippen LogP contribution is -2.23. The van der Waals surface area contributed by atoms with Gasteiger partial charge in [-0.2, -0.15) is 0 Å². The normalized spacial score (nSPS) is 11.9. The van der Waals surface area contributed by atoms with Crippen LogP contribution in [0.25, 0.3) is 0 Å². The highest BCUT2D eigenvalue weighted by Gasteiger charge is 2.18. The first-order valence-corrected chi connectivity index (χ1v) is 9.28. The zero-order chi connectivity index (χ0) is 18.8. The SMILES string of the molecule is Cc1cc(C(C)C)c(Nc2ccccc2OC(C)(C)C)c(C(C)C)c1. The second-order valence-electron chi connectivity index (χ2n) is 8.46. The largest absolute Gasteiger partial charge is 0.486 e. The van der Waals surface area contributed by atoms with Crippen LogP contribution in [0.15, 0.2) is 36.4 Å². The van der Waals surface area contributed by atoms with Gasteiger partial charge >= 0.3 is 0 Å². The van der Waals surface area contributed by atoms with E-state index in [1.165, 1.54) is 22.4 Å². The van der Waals surface area contributed by atoms with E-state index in [9.17, 15) is 0 Å². The predicted molar refractivity (Wildman–Crippen MR) is 109 cm³/mol. The van der Waals surface area contributed by atoms with E-state index in [-0.39, 0.29) is 5.60 Å². The summed E-state index contributed by atoms with van der Waals surface area (Å²) < 4.78 is 6.17. The Bertz CT molecular complexity index is 694. The van der Waals surface area contributed by atoms with E-state index in [1.807, 2.05) is 12.1 Å². The molecule has 2 rings (SSSR count). The maximum absolute atomic E-state index is 6.17. The summed E-state index contributed by atoms with van der Waals surface area (Å²) in [4.78, 5) is 0. The van der Waals surface area contributed by atoms with Crippen molar-refractivity contribution < 1.29 is 4.74 Å². The van der Waals surface area contributed by atoms with E-state index in [1.54, 1.807) is 0 Å². The van der Waals surface area contributed by atoms with Gasteiger partial charge in [-0.05, 0) is 62.8 Å². The standard InChI is InChI=1S/C23H33NO/c1-15(2)18-13-17(5)14-19(16(3)4)22(18)24-20-11-9-10-12-21(20)25-23(6,7)8/h9-16,24H,1-8H3. The lowest BCUT2D eigenvalue weighted by Gasteiger charge is -2.26. The molecule has 136 valence electrons. The van der Waals surface area contributed by atoms with E-state index >= 15 is 0 Å². The Hall–Kier alpha value is -1.96. The highest BCUT2D eigenvalue weighted by atomic mass is 16.5. The molecule has 0 aliphatic heterocycles. The quantitative estimate of drug-likeness (QED) is 0.624. The minimum absolute atomic E-state index is 0.229. The van der Waals surface area contributed by atoms with Gasteiger partial charge in [0.15, 0.2) is 0 Å². The Balaban J connectivity index is 2.54. The van der Waals surface area contributed by atoms with E-state index in [0.717, 1.165) is 11.4 Å². The van der Waals surface area contributed by atoms with E-state index in [0.29, 0.717) is 11.8 Å². The second-order valence-corrected chi connectivity index (χ2v) is 8.46. The zero-order valence-corrected chi connectivity index (χ0v) is 17.0. The van der Waals surface area contributed by atoms with Gasteiger partial charge in [-0.1, -0.05) is 57.5 Å². The molecule has 2 aromatic carbocycles. The van der Waals surface area contributed by atoms with Crippen LogP contribution in [-0.4, -0.2) is 5.60 Å². The smallest absolute Gasteiger partial charge is 0.143 e. The molecule has 0 unspecified atom stereocenters. The first kappa shape index (κ1) is 19.4. The molecule has 0 amide bonds. The molecule has 0 spiro atoms. The molecule has 0 fully saturated rings. The first-order chi connectivity index (χ1) is 11.6. The summed E-state index contributed by atoms with van der Waals surface area (Å²) in [7, 11) is 0. The number of para-hydroxylation sites is 2. The number of hydrogen-bond acceptors (Lipinski definition) is 2. The molecule has 0 aliphatic rings. The lowest BCUT2D eigenvalue weighted by atomic mass is 9.90. The Morgan fingerprint density at radius 3 is 1.88 bits per heavy atom. The van der Waals surface area contributed by atoms with Crippen LogP contribution in [0.2, 0.25) is 0 Å². The van der Waals surface area contributed by atoms with Gasteiger partial charge in [-0.15, -0.1) is 0 Å². The summed E-state index contributed by atoms with van der Waals surface area (Å²) in [6.45, 7) is 17.4. The van der Waals surface area contributed by atoms with Crippen molar-refractivity contribution in [2.75, 3.05) is 5.32 Å². The molecule has 0 aromatic heterocycles. The fourth-order valence-electron chi connectivity index (χ4n) is 3.02. The minimum Gasteiger partial charge on any atom is -0.486 e. The molecule has 2 nitrogen and oxygen atoms in total. The third-order valence-corrected chi connectivity index (χ3v) is 4.15. The Morgan fingerprint density at radius 1 is 0.880 bits per heavy atom. The number of anilines is 2. The van der Waals surface area contributed by atoms with Crippen LogP contribution in [0.1, 0.15) is 77.0 Å². The molecular weight excluding hydrogens is 306 g/mol. The molecule has 0 heterocycles. The summed E-state index contributed by atoms with van der Waals surface area (Å²) in [6.07, 6.45) is 0. The van der Waals surface area contributed by atoms with Gasteiger partial charge in [0.05, 0.1) is 5.69 Å². The van der Waals surface area contributed by atoms with E-state index in [4.69, 9.17) is 4.74 Å². The maximum Gasteiger partial charge on any atom is 0.143 e. The van der Waals surface area contributed by atoms with Gasteiger partial charge in [0, 0.05) is 5.69 Å². The summed E-state index contributed by atoms with van der Waals surface area (Å²) >= 11 is 0. The molecule has 2 aromatic rings. The number of benzene rings is 2. The van der Waals surface area contributed by atoms with Crippen molar-refractivity contribution in [2.45, 2.75) is 72.8 Å². The third-order valence-electron chi connectivity index (χ3n) is 4.15. The molecule has 0 radical (unpaired) electrons. The molecule has 0 atom stereocenters. The monoisotopic (exact) mass is 339 g/mol. The van der Waals surface area contributed by atoms with Crippen molar-refractivity contribution >= 4 is 11.4 Å². The van der Waals surface area contributed by atoms with Crippen molar-refractivity contribution in [1.29, 1.82) is 0 Å². The van der Waals surface area contributed by atoms with Crippen LogP contribution >= 0.6 is 0 Å². The summed E-state index contributed by atoms with van der Waals surface area (Å²) in [5.41, 5.74) is 6.04. The fraction of sp³-hybridized carbons (Fsp3) is 0.478. The lowest BCUT2D eigenvalue weighted by molar-refractivity contribution is 0.132. The molecule has 0 aliphatic carbocycles. The first-order valence-electron chi connectivity index (χ1n) is 9.28. The van der Waals surface area contributed by atoms with Gasteiger partial charge in [-0.25, -0.2) is 0 Å². The van der Waals surface area contributed by atoms with E-state index in [2.05, 4.69) is 85.0 Å². The van der Waals surface area contributed by atoms with Crippen LogP contribution < -0.4 is 10.1 Å². The van der Waals surface area contributed by atoms with E-state index < -0.39 is 0 Å². The van der Waals surface area contributed by atoms with Gasteiger partial charge in [0.1, 0.15) is 11.4 Å². The molecule has 25 heavy (non-hydrogen) atoms. The maximum atomic E-state index is 6.17. The molecule has 2 heteroatoms. The molecule has 0 bridgehead atoms. The van der Waals surface area contributed by atoms with Crippen LogP contribution in [-0.2, 0) is 0 Å². The van der Waals surface area contributed by atoms with Crippen LogP contribution in [0.4, 0.5) is 11.4 Å². The summed E-state index contributed by atoms with van der Waals surface area (Å²) in [6, 6.07) is 12.8. The number of hydrogen-bond donors (Lipinski definition) is 1. The van der Waals surface area contributed by atoms with Gasteiger partial charge in [0.2, 0.25) is 0 Å². The van der Waals surface area contributed by atoms with Crippen molar-refractivity contribution in [3.63, 3.8) is 0 Å². The van der Waals surface area contributed by atoms with Gasteiger partial charge < -0.3 is 10.1 Å². The summed E-state index contributed by atoms with van der Waals surface area (Å²) in [5, 5.41) is 3.70. The molecule has 0 saturated carbocycles. The number of ether oxygens (including phenoxy) is 1. The van der Waals surface area contributed by atoms with Crippen LogP contribution in [0, 0.1) is 6.92 Å². The average molecular weight is 340 g/mol. The predicted octanol–water partition coefficient (Wildman–Crippen LogP) is 7.16. The number of rotatable bonds is 5. The highest BCUT2D eigenvalue weighted by Crippen LogP contribution is 2.38. The zero-order valence-electron chi connectivity index (χ0n) is 17.0. The minimum atomic E-state index is -0.229.